The molecule has 0 aromatic carbocycles. The van der Waals surface area contributed by atoms with Gasteiger partial charge in [0.25, 0.3) is 0 Å². The van der Waals surface area contributed by atoms with Gasteiger partial charge in [0.05, 0.1) is 0 Å². The van der Waals surface area contributed by atoms with Crippen molar-refractivity contribution in [1.29, 1.82) is 0 Å². The summed E-state index contributed by atoms with van der Waals surface area (Å²) < 4.78 is 11.8. The molecule has 1 heterocycles. The Bertz CT molecular complexity index is 400. The highest BCUT2D eigenvalue weighted by Gasteiger charge is 2.37. The molecule has 0 unspecified atom stereocenters. The molecule has 1 fully saturated rings. The summed E-state index contributed by atoms with van der Waals surface area (Å²) in [7, 11) is -1.73. The zero-order valence-electron chi connectivity index (χ0n) is 16.3. The first-order valence-electron chi connectivity index (χ1n) is 8.68. The minimum absolute atomic E-state index is 0.142. The van der Waals surface area contributed by atoms with Crippen LogP contribution in [0.4, 0.5) is 4.79 Å². The summed E-state index contributed by atoms with van der Waals surface area (Å²) in [5.41, 5.74) is -0.454. The molecule has 0 aromatic rings. The van der Waals surface area contributed by atoms with E-state index >= 15 is 0 Å². The number of nitrogens with zero attached hydrogens (tertiary/aromatic N) is 1. The molecule has 1 rings (SSSR count). The Kier molecular flexibility index (Phi) is 6.70. The van der Waals surface area contributed by atoms with Gasteiger partial charge >= 0.3 is 6.09 Å². The summed E-state index contributed by atoms with van der Waals surface area (Å²) >= 11 is 0. The molecule has 1 amide bonds. The molecule has 1 aliphatic rings. The SMILES string of the molecule is CC(C)(C)OC(=O)N1CCNC[C@H]1CCO[Si](C)(C)C(C)(C)C. The lowest BCUT2D eigenvalue weighted by Crippen LogP contribution is -2.55. The molecule has 0 aliphatic carbocycles. The molecule has 0 bridgehead atoms. The van der Waals surface area contributed by atoms with Gasteiger partial charge in [0.15, 0.2) is 8.32 Å². The number of carbonyl (C=O) groups excluding carboxylic acids is 1. The Balaban J connectivity index is 2.58. The van der Waals surface area contributed by atoms with Gasteiger partial charge in [-0.3, -0.25) is 0 Å². The van der Waals surface area contributed by atoms with Crippen molar-refractivity contribution in [2.75, 3.05) is 26.2 Å². The number of ether oxygens (including phenoxy) is 1. The molecule has 23 heavy (non-hydrogen) atoms. The van der Waals surface area contributed by atoms with Crippen LogP contribution in [-0.2, 0) is 9.16 Å². The zero-order valence-corrected chi connectivity index (χ0v) is 17.3. The number of carbonyl (C=O) groups is 1. The van der Waals surface area contributed by atoms with Crippen LogP contribution in [-0.4, -0.2) is 57.2 Å². The van der Waals surface area contributed by atoms with E-state index in [9.17, 15) is 4.79 Å². The third-order valence-corrected chi connectivity index (χ3v) is 9.24. The highest BCUT2D eigenvalue weighted by molar-refractivity contribution is 6.74. The Hall–Kier alpha value is -0.593. The summed E-state index contributed by atoms with van der Waals surface area (Å²) in [6.45, 7) is 20.0. The fourth-order valence-electron chi connectivity index (χ4n) is 2.25. The van der Waals surface area contributed by atoms with E-state index in [-0.39, 0.29) is 17.2 Å². The van der Waals surface area contributed by atoms with E-state index in [1.165, 1.54) is 0 Å². The summed E-state index contributed by atoms with van der Waals surface area (Å²) in [5.74, 6) is 0. The normalized spacial score (nSPS) is 20.5. The first kappa shape index (κ1) is 20.5. The third kappa shape index (κ3) is 6.43. The van der Waals surface area contributed by atoms with Gasteiger partial charge in [-0.25, -0.2) is 4.79 Å². The molecule has 136 valence electrons. The minimum Gasteiger partial charge on any atom is -0.444 e. The highest BCUT2D eigenvalue weighted by Crippen LogP contribution is 2.36. The smallest absolute Gasteiger partial charge is 0.410 e. The van der Waals surface area contributed by atoms with Crippen molar-refractivity contribution in [3.8, 4) is 0 Å². The van der Waals surface area contributed by atoms with Crippen molar-refractivity contribution in [2.24, 2.45) is 0 Å². The third-order valence-electron chi connectivity index (χ3n) is 4.70. The fraction of sp³-hybridized carbons (Fsp3) is 0.941. The molecule has 1 N–H and O–H groups in total. The molecule has 0 spiro atoms. The zero-order chi connectivity index (χ0) is 17.9. The topological polar surface area (TPSA) is 50.8 Å². The van der Waals surface area contributed by atoms with Crippen LogP contribution in [0.5, 0.6) is 0 Å². The van der Waals surface area contributed by atoms with Crippen LogP contribution in [0, 0.1) is 0 Å². The van der Waals surface area contributed by atoms with Crippen molar-refractivity contribution < 1.29 is 14.0 Å². The van der Waals surface area contributed by atoms with Crippen molar-refractivity contribution in [3.05, 3.63) is 0 Å². The second kappa shape index (κ2) is 7.53. The van der Waals surface area contributed by atoms with E-state index in [0.717, 1.165) is 19.5 Å². The van der Waals surface area contributed by atoms with Gasteiger partial charge in [0.1, 0.15) is 5.60 Å². The number of hydrogen-bond donors (Lipinski definition) is 1. The first-order chi connectivity index (χ1) is 10.3. The predicted octanol–water partition coefficient (Wildman–Crippen LogP) is 3.61. The van der Waals surface area contributed by atoms with Crippen LogP contribution in [0.3, 0.4) is 0 Å². The van der Waals surface area contributed by atoms with E-state index in [0.29, 0.717) is 13.2 Å². The van der Waals surface area contributed by atoms with Gasteiger partial charge in [-0.15, -0.1) is 0 Å². The summed E-state index contributed by atoms with van der Waals surface area (Å²) in [4.78, 5) is 14.2. The van der Waals surface area contributed by atoms with E-state index < -0.39 is 13.9 Å². The summed E-state index contributed by atoms with van der Waals surface area (Å²) in [6, 6.07) is 0.142. The van der Waals surface area contributed by atoms with Gasteiger partial charge in [-0.2, -0.15) is 0 Å². The maximum absolute atomic E-state index is 12.4. The molecular weight excluding hydrogens is 308 g/mol. The van der Waals surface area contributed by atoms with Crippen LogP contribution < -0.4 is 5.32 Å². The van der Waals surface area contributed by atoms with Crippen molar-refractivity contribution in [3.63, 3.8) is 0 Å². The van der Waals surface area contributed by atoms with E-state index in [2.05, 4.69) is 39.2 Å². The molecule has 0 radical (unpaired) electrons. The van der Waals surface area contributed by atoms with Gasteiger partial charge in [-0.05, 0) is 45.3 Å². The molecule has 1 atom stereocenters. The average molecular weight is 345 g/mol. The monoisotopic (exact) mass is 344 g/mol. The molecule has 1 aliphatic heterocycles. The number of rotatable bonds is 4. The second-order valence-electron chi connectivity index (χ2n) is 8.93. The first-order valence-corrected chi connectivity index (χ1v) is 11.6. The quantitative estimate of drug-likeness (QED) is 0.792. The summed E-state index contributed by atoms with van der Waals surface area (Å²) in [6.07, 6.45) is 0.634. The van der Waals surface area contributed by atoms with E-state index in [1.54, 1.807) is 0 Å². The van der Waals surface area contributed by atoms with Crippen molar-refractivity contribution in [2.45, 2.75) is 77.7 Å². The lowest BCUT2D eigenvalue weighted by atomic mass is 10.1. The van der Waals surface area contributed by atoms with Crippen LogP contribution in [0.25, 0.3) is 0 Å². The standard InChI is InChI=1S/C17H36N2O3Si/c1-16(2,3)22-15(20)19-11-10-18-13-14(19)9-12-21-23(7,8)17(4,5)6/h14,18H,9-13H2,1-8H3/t14-/m1/s1. The van der Waals surface area contributed by atoms with E-state index in [1.807, 2.05) is 25.7 Å². The molecule has 1 saturated heterocycles. The number of amides is 1. The fourth-order valence-corrected chi connectivity index (χ4v) is 3.31. The van der Waals surface area contributed by atoms with Crippen LogP contribution in [0.15, 0.2) is 0 Å². The van der Waals surface area contributed by atoms with Gasteiger partial charge in [0, 0.05) is 32.3 Å². The largest absolute Gasteiger partial charge is 0.444 e. The van der Waals surface area contributed by atoms with Crippen LogP contribution >= 0.6 is 0 Å². The average Bonchev–Trinajstić information content (AvgIpc) is 2.35. The maximum Gasteiger partial charge on any atom is 0.410 e. The molecule has 6 heteroatoms. The molecular formula is C17H36N2O3Si. The maximum atomic E-state index is 12.4. The number of piperazine rings is 1. The Morgan fingerprint density at radius 1 is 1.22 bits per heavy atom. The lowest BCUT2D eigenvalue weighted by Gasteiger charge is -2.39. The van der Waals surface area contributed by atoms with E-state index in [4.69, 9.17) is 9.16 Å². The van der Waals surface area contributed by atoms with Gasteiger partial charge in [0.2, 0.25) is 0 Å². The predicted molar refractivity (Wildman–Crippen MR) is 97.4 cm³/mol. The Labute approximate surface area is 143 Å². The molecule has 0 aromatic heterocycles. The van der Waals surface area contributed by atoms with Crippen molar-refractivity contribution in [1.82, 2.24) is 10.2 Å². The molecule has 0 saturated carbocycles. The van der Waals surface area contributed by atoms with Crippen molar-refractivity contribution >= 4 is 14.4 Å². The highest BCUT2D eigenvalue weighted by atomic mass is 28.4. The van der Waals surface area contributed by atoms with Gasteiger partial charge < -0.3 is 19.4 Å². The lowest BCUT2D eigenvalue weighted by molar-refractivity contribution is 0.00967. The minimum atomic E-state index is -1.73. The summed E-state index contributed by atoms with van der Waals surface area (Å²) in [5, 5.41) is 3.58. The van der Waals surface area contributed by atoms with Crippen LogP contribution in [0.2, 0.25) is 18.1 Å². The number of nitrogens with one attached hydrogen (secondary N) is 1. The molecule has 5 nitrogen and oxygen atoms in total. The second-order valence-corrected chi connectivity index (χ2v) is 13.7. The Morgan fingerprint density at radius 2 is 1.83 bits per heavy atom. The Morgan fingerprint density at radius 3 is 2.35 bits per heavy atom. The van der Waals surface area contributed by atoms with Gasteiger partial charge in [-0.1, -0.05) is 20.8 Å². The number of hydrogen-bond acceptors (Lipinski definition) is 4. The van der Waals surface area contributed by atoms with Crippen LogP contribution in [0.1, 0.15) is 48.0 Å².